The Balaban J connectivity index is 1.82. The number of piperidine rings is 1. The maximum absolute atomic E-state index is 12.2. The zero-order valence-electron chi connectivity index (χ0n) is 13.2. The van der Waals surface area contributed by atoms with E-state index in [1.165, 1.54) is 11.3 Å². The van der Waals surface area contributed by atoms with Crippen LogP contribution in [0.2, 0.25) is 0 Å². The predicted molar refractivity (Wildman–Crippen MR) is 86.1 cm³/mol. The Morgan fingerprint density at radius 1 is 1.39 bits per heavy atom. The maximum Gasteiger partial charge on any atom is 0.318 e. The lowest BCUT2D eigenvalue weighted by Gasteiger charge is -2.35. The van der Waals surface area contributed by atoms with Crippen LogP contribution in [-0.4, -0.2) is 52.9 Å². The monoisotopic (exact) mass is 339 g/mol. The minimum Gasteiger partial charge on any atom is -0.351 e. The van der Waals surface area contributed by atoms with Crippen LogP contribution in [0.5, 0.6) is 0 Å². The average Bonchev–Trinajstić information content (AvgIpc) is 2.93. The van der Waals surface area contributed by atoms with Crippen LogP contribution in [0.15, 0.2) is 5.51 Å². The van der Waals surface area contributed by atoms with Crippen molar-refractivity contribution in [3.63, 3.8) is 0 Å². The summed E-state index contributed by atoms with van der Waals surface area (Å²) in [6, 6.07) is -1.20. The minimum absolute atomic E-state index is 0.0756. The molecule has 8 nitrogen and oxygen atoms in total. The fourth-order valence-corrected chi connectivity index (χ4v) is 3.30. The van der Waals surface area contributed by atoms with Gasteiger partial charge in [0.2, 0.25) is 5.91 Å². The lowest BCUT2D eigenvalue weighted by molar-refractivity contribution is -0.125. The molecule has 0 aliphatic carbocycles. The fourth-order valence-electron chi connectivity index (χ4n) is 2.59. The van der Waals surface area contributed by atoms with Gasteiger partial charge in [0.1, 0.15) is 4.88 Å². The van der Waals surface area contributed by atoms with Crippen LogP contribution in [0.25, 0.3) is 0 Å². The molecule has 0 saturated carbocycles. The van der Waals surface area contributed by atoms with Crippen LogP contribution in [0, 0.1) is 6.92 Å². The minimum atomic E-state index is -0.844. The number of aromatic nitrogens is 1. The number of hydrogen-bond acceptors (Lipinski definition) is 6. The number of imide groups is 1. The molecule has 0 aromatic carbocycles. The molecule has 0 unspecified atom stereocenters. The van der Waals surface area contributed by atoms with Gasteiger partial charge in [0.15, 0.2) is 0 Å². The molecule has 1 saturated heterocycles. The number of primary amides is 1. The number of thiazole rings is 1. The quantitative estimate of drug-likeness (QED) is 0.726. The maximum atomic E-state index is 12.2. The molecule has 0 spiro atoms. The van der Waals surface area contributed by atoms with Crippen molar-refractivity contribution in [2.45, 2.75) is 38.8 Å². The molecule has 1 atom stereocenters. The molecule has 4 amide bonds. The Hall–Kier alpha value is -2.00. The highest BCUT2D eigenvalue weighted by atomic mass is 32.1. The average molecular weight is 339 g/mol. The van der Waals surface area contributed by atoms with Crippen LogP contribution in [0.3, 0.4) is 0 Å². The number of nitrogens with one attached hydrogen (secondary N) is 2. The van der Waals surface area contributed by atoms with Crippen LogP contribution >= 0.6 is 11.3 Å². The zero-order valence-corrected chi connectivity index (χ0v) is 14.0. The third-order valence-electron chi connectivity index (χ3n) is 3.99. The second-order valence-electron chi connectivity index (χ2n) is 5.58. The van der Waals surface area contributed by atoms with E-state index < -0.39 is 18.0 Å². The second kappa shape index (κ2) is 7.51. The van der Waals surface area contributed by atoms with E-state index in [1.807, 2.05) is 11.8 Å². The standard InChI is InChI=1S/C14H21N5O3S/c1-8-11(23-7-16-8)13(21)17-10-3-5-19(6-4-10)9(2)12(20)18-14(15)22/h7,9-10H,3-6H2,1-2H3,(H,17,21)(H3,15,18,20,22)/t9-/m1/s1. The molecule has 1 aromatic rings. The summed E-state index contributed by atoms with van der Waals surface area (Å²) >= 11 is 1.33. The number of nitrogens with zero attached hydrogens (tertiary/aromatic N) is 2. The van der Waals surface area contributed by atoms with Crippen LogP contribution in [0.1, 0.15) is 35.1 Å². The summed E-state index contributed by atoms with van der Waals surface area (Å²) in [6.45, 7) is 4.88. The van der Waals surface area contributed by atoms with E-state index in [9.17, 15) is 14.4 Å². The normalized spacial score (nSPS) is 17.5. The van der Waals surface area contributed by atoms with E-state index in [4.69, 9.17) is 5.73 Å². The van der Waals surface area contributed by atoms with Crippen molar-refractivity contribution < 1.29 is 14.4 Å². The van der Waals surface area contributed by atoms with Gasteiger partial charge < -0.3 is 11.1 Å². The Labute approximate surface area is 138 Å². The highest BCUT2D eigenvalue weighted by Crippen LogP contribution is 2.16. The van der Waals surface area contributed by atoms with Crippen molar-refractivity contribution in [2.24, 2.45) is 5.73 Å². The van der Waals surface area contributed by atoms with Gasteiger partial charge in [0.25, 0.3) is 5.91 Å². The molecule has 1 fully saturated rings. The zero-order chi connectivity index (χ0) is 17.0. The third kappa shape index (κ3) is 4.49. The van der Waals surface area contributed by atoms with Crippen molar-refractivity contribution in [3.8, 4) is 0 Å². The van der Waals surface area contributed by atoms with E-state index in [2.05, 4.69) is 15.6 Å². The molecular weight excluding hydrogens is 318 g/mol. The molecule has 4 N–H and O–H groups in total. The van der Waals surface area contributed by atoms with E-state index in [0.29, 0.717) is 18.0 Å². The van der Waals surface area contributed by atoms with Gasteiger partial charge in [0.05, 0.1) is 17.2 Å². The molecule has 2 heterocycles. The summed E-state index contributed by atoms with van der Waals surface area (Å²) in [5.74, 6) is -0.497. The first-order valence-electron chi connectivity index (χ1n) is 7.43. The topological polar surface area (TPSA) is 117 Å². The summed E-state index contributed by atoms with van der Waals surface area (Å²) in [6.07, 6.45) is 1.50. The number of urea groups is 1. The number of rotatable bonds is 4. The van der Waals surface area contributed by atoms with Crippen molar-refractivity contribution in [1.29, 1.82) is 0 Å². The number of likely N-dealkylation sites (tertiary alicyclic amines) is 1. The first-order chi connectivity index (χ1) is 10.9. The molecule has 2 rings (SSSR count). The van der Waals surface area contributed by atoms with Gasteiger partial charge in [-0.1, -0.05) is 0 Å². The largest absolute Gasteiger partial charge is 0.351 e. The Morgan fingerprint density at radius 2 is 2.04 bits per heavy atom. The predicted octanol–water partition coefficient (Wildman–Crippen LogP) is 0.229. The van der Waals surface area contributed by atoms with E-state index in [0.717, 1.165) is 18.5 Å². The SMILES string of the molecule is Cc1ncsc1C(=O)NC1CCN([C@H](C)C(=O)NC(N)=O)CC1. The number of hydrogen-bond donors (Lipinski definition) is 3. The summed E-state index contributed by atoms with van der Waals surface area (Å²) in [7, 11) is 0. The number of carbonyl (C=O) groups is 3. The first kappa shape index (κ1) is 17.4. The highest BCUT2D eigenvalue weighted by Gasteiger charge is 2.28. The van der Waals surface area contributed by atoms with E-state index in [-0.39, 0.29) is 11.9 Å². The molecule has 23 heavy (non-hydrogen) atoms. The molecular formula is C14H21N5O3S. The number of aryl methyl sites for hydroxylation is 1. The van der Waals surface area contributed by atoms with Gasteiger partial charge in [-0.25, -0.2) is 9.78 Å². The smallest absolute Gasteiger partial charge is 0.318 e. The van der Waals surface area contributed by atoms with Crippen LogP contribution in [-0.2, 0) is 4.79 Å². The third-order valence-corrected chi connectivity index (χ3v) is 4.92. The van der Waals surface area contributed by atoms with Crippen molar-refractivity contribution in [1.82, 2.24) is 20.5 Å². The van der Waals surface area contributed by atoms with E-state index in [1.54, 1.807) is 12.4 Å². The molecule has 0 radical (unpaired) electrons. The lowest BCUT2D eigenvalue weighted by atomic mass is 10.0. The summed E-state index contributed by atoms with van der Waals surface area (Å²) < 4.78 is 0. The molecule has 1 aliphatic rings. The molecule has 126 valence electrons. The highest BCUT2D eigenvalue weighted by molar-refractivity contribution is 7.11. The van der Waals surface area contributed by atoms with Gasteiger partial charge in [0, 0.05) is 19.1 Å². The molecule has 0 bridgehead atoms. The van der Waals surface area contributed by atoms with Crippen molar-refractivity contribution >= 4 is 29.2 Å². The first-order valence-corrected chi connectivity index (χ1v) is 8.31. The Kier molecular flexibility index (Phi) is 5.67. The van der Waals surface area contributed by atoms with Gasteiger partial charge in [-0.15, -0.1) is 11.3 Å². The van der Waals surface area contributed by atoms with Crippen LogP contribution < -0.4 is 16.4 Å². The van der Waals surface area contributed by atoms with E-state index >= 15 is 0 Å². The fraction of sp³-hybridized carbons (Fsp3) is 0.571. The second-order valence-corrected chi connectivity index (χ2v) is 6.43. The summed E-state index contributed by atoms with van der Waals surface area (Å²) in [4.78, 5) is 41.4. The summed E-state index contributed by atoms with van der Waals surface area (Å²) in [5, 5.41) is 5.10. The van der Waals surface area contributed by atoms with Gasteiger partial charge >= 0.3 is 6.03 Å². The Morgan fingerprint density at radius 3 is 2.57 bits per heavy atom. The van der Waals surface area contributed by atoms with Crippen molar-refractivity contribution in [2.75, 3.05) is 13.1 Å². The molecule has 9 heteroatoms. The number of amides is 4. The van der Waals surface area contributed by atoms with Crippen molar-refractivity contribution in [3.05, 3.63) is 16.1 Å². The molecule has 1 aromatic heterocycles. The van der Waals surface area contributed by atoms with Gasteiger partial charge in [-0.2, -0.15) is 0 Å². The van der Waals surface area contributed by atoms with Gasteiger partial charge in [-0.3, -0.25) is 19.8 Å². The molecule has 1 aliphatic heterocycles. The van der Waals surface area contributed by atoms with Crippen LogP contribution in [0.4, 0.5) is 4.79 Å². The lowest BCUT2D eigenvalue weighted by Crippen LogP contribution is -2.53. The Bertz CT molecular complexity index is 595. The number of carbonyl (C=O) groups excluding carboxylic acids is 3. The number of nitrogens with two attached hydrogens (primary N) is 1. The van der Waals surface area contributed by atoms with Gasteiger partial charge in [-0.05, 0) is 26.7 Å². The summed E-state index contributed by atoms with van der Waals surface area (Å²) in [5.41, 5.74) is 7.35.